The molecule has 2 heterocycles. The normalized spacial score (nSPS) is 26.8. The molecular formula is C19H27N3O2. The van der Waals surface area contributed by atoms with Crippen molar-refractivity contribution in [3.63, 3.8) is 0 Å². The fourth-order valence-corrected chi connectivity index (χ4v) is 3.96. The van der Waals surface area contributed by atoms with Gasteiger partial charge in [0.05, 0.1) is 11.2 Å². The molecule has 2 aliphatic rings. The molecule has 0 unspecified atom stereocenters. The van der Waals surface area contributed by atoms with Crippen LogP contribution in [0.25, 0.3) is 0 Å². The molecule has 1 N–H and O–H groups in total. The number of nitrogens with zero attached hydrogens (tertiary/aromatic N) is 3. The minimum absolute atomic E-state index is 0.116. The smallest absolute Gasteiger partial charge is 0.146 e. The third-order valence-corrected chi connectivity index (χ3v) is 5.67. The van der Waals surface area contributed by atoms with Gasteiger partial charge in [-0.2, -0.15) is 5.26 Å². The van der Waals surface area contributed by atoms with Gasteiger partial charge in [0.1, 0.15) is 11.9 Å². The summed E-state index contributed by atoms with van der Waals surface area (Å²) in [4.78, 5) is 7.03. The lowest BCUT2D eigenvalue weighted by molar-refractivity contribution is -0.0489. The van der Waals surface area contributed by atoms with E-state index in [9.17, 15) is 10.4 Å². The van der Waals surface area contributed by atoms with Gasteiger partial charge in [-0.1, -0.05) is 6.92 Å². The Kier molecular flexibility index (Phi) is 5.07. The van der Waals surface area contributed by atoms with Crippen molar-refractivity contribution < 1.29 is 9.84 Å². The van der Waals surface area contributed by atoms with Crippen molar-refractivity contribution in [2.45, 2.75) is 51.0 Å². The standard InChI is InChI=1S/C19H27N3O2/c1-14-13-22(9-7-19(14,23)8-10-24-2)18-16(12-20)11-15-5-3-4-6-17(15)21-18/h11,14,23H,3-10,13H2,1-2H3/t14-,19-/m0/s1. The Hall–Kier alpha value is -1.64. The van der Waals surface area contributed by atoms with Crippen LogP contribution in [0.5, 0.6) is 0 Å². The highest BCUT2D eigenvalue weighted by molar-refractivity contribution is 5.57. The number of fused-ring (bicyclic) bond motifs is 1. The molecule has 1 fully saturated rings. The van der Waals surface area contributed by atoms with Gasteiger partial charge in [-0.05, 0) is 50.2 Å². The Morgan fingerprint density at radius 1 is 1.46 bits per heavy atom. The minimum Gasteiger partial charge on any atom is -0.389 e. The van der Waals surface area contributed by atoms with Crippen LogP contribution in [-0.4, -0.2) is 42.5 Å². The van der Waals surface area contributed by atoms with Crippen LogP contribution < -0.4 is 4.90 Å². The van der Waals surface area contributed by atoms with Crippen molar-refractivity contribution in [3.8, 4) is 6.07 Å². The number of hydrogen-bond acceptors (Lipinski definition) is 5. The first-order chi connectivity index (χ1) is 11.6. The molecule has 0 spiro atoms. The second kappa shape index (κ2) is 7.08. The van der Waals surface area contributed by atoms with Gasteiger partial charge >= 0.3 is 0 Å². The van der Waals surface area contributed by atoms with Crippen LogP contribution in [0.3, 0.4) is 0 Å². The highest BCUT2D eigenvalue weighted by Crippen LogP contribution is 2.35. The molecule has 1 aromatic rings. The molecule has 0 radical (unpaired) electrons. The number of rotatable bonds is 4. The van der Waals surface area contributed by atoms with Gasteiger partial charge in [0.25, 0.3) is 0 Å². The van der Waals surface area contributed by atoms with E-state index in [2.05, 4.69) is 17.9 Å². The summed E-state index contributed by atoms with van der Waals surface area (Å²) in [6.45, 7) is 4.10. The highest BCUT2D eigenvalue weighted by Gasteiger charge is 2.39. The molecule has 1 aromatic heterocycles. The van der Waals surface area contributed by atoms with Crippen LogP contribution in [-0.2, 0) is 17.6 Å². The number of aryl methyl sites for hydroxylation is 2. The topological polar surface area (TPSA) is 69.4 Å². The molecule has 24 heavy (non-hydrogen) atoms. The number of methoxy groups -OCH3 is 1. The third-order valence-electron chi connectivity index (χ3n) is 5.67. The number of ether oxygens (including phenoxy) is 1. The summed E-state index contributed by atoms with van der Waals surface area (Å²) in [6.07, 6.45) is 5.74. The van der Waals surface area contributed by atoms with Crippen molar-refractivity contribution >= 4 is 5.82 Å². The average Bonchev–Trinajstić information content (AvgIpc) is 2.61. The average molecular weight is 329 g/mol. The zero-order valence-electron chi connectivity index (χ0n) is 14.7. The predicted octanol–water partition coefficient (Wildman–Crippen LogP) is 2.45. The molecule has 2 atom stereocenters. The van der Waals surface area contributed by atoms with E-state index in [0.29, 0.717) is 25.0 Å². The molecule has 0 amide bonds. The number of nitriles is 1. The molecule has 0 aromatic carbocycles. The van der Waals surface area contributed by atoms with Crippen molar-refractivity contribution in [2.75, 3.05) is 31.7 Å². The number of aromatic nitrogens is 1. The zero-order chi connectivity index (χ0) is 17.2. The fraction of sp³-hybridized carbons (Fsp3) is 0.684. The van der Waals surface area contributed by atoms with Crippen LogP contribution in [0.4, 0.5) is 5.82 Å². The summed E-state index contributed by atoms with van der Waals surface area (Å²) in [5, 5.41) is 20.4. The Labute approximate surface area is 144 Å². The van der Waals surface area contributed by atoms with Gasteiger partial charge in [0.15, 0.2) is 0 Å². The van der Waals surface area contributed by atoms with Crippen LogP contribution in [0, 0.1) is 17.2 Å². The van der Waals surface area contributed by atoms with Gasteiger partial charge in [0.2, 0.25) is 0 Å². The maximum absolute atomic E-state index is 10.9. The van der Waals surface area contributed by atoms with Gasteiger partial charge in [-0.3, -0.25) is 0 Å². The molecule has 5 heteroatoms. The van der Waals surface area contributed by atoms with Gasteiger partial charge in [0, 0.05) is 38.4 Å². The largest absolute Gasteiger partial charge is 0.389 e. The fourth-order valence-electron chi connectivity index (χ4n) is 3.96. The quantitative estimate of drug-likeness (QED) is 0.919. The number of pyridine rings is 1. The molecule has 130 valence electrons. The SMILES string of the molecule is COCC[C@@]1(O)CCN(c2nc3c(cc2C#N)CCCC3)C[C@@H]1C. The lowest BCUT2D eigenvalue weighted by Crippen LogP contribution is -2.51. The third kappa shape index (κ3) is 3.26. The Bertz CT molecular complexity index is 640. The zero-order valence-corrected chi connectivity index (χ0v) is 14.7. The molecule has 5 nitrogen and oxygen atoms in total. The van der Waals surface area contributed by atoms with E-state index < -0.39 is 5.60 Å². The molecule has 1 aliphatic carbocycles. The first-order valence-corrected chi connectivity index (χ1v) is 8.96. The first-order valence-electron chi connectivity index (χ1n) is 8.96. The maximum Gasteiger partial charge on any atom is 0.146 e. The highest BCUT2D eigenvalue weighted by atomic mass is 16.5. The van der Waals surface area contributed by atoms with Gasteiger partial charge in [-0.25, -0.2) is 4.98 Å². The first kappa shape index (κ1) is 17.2. The van der Waals surface area contributed by atoms with E-state index in [1.807, 2.05) is 6.07 Å². The number of aliphatic hydroxyl groups is 1. The Balaban J connectivity index is 1.82. The molecule has 0 bridgehead atoms. The monoisotopic (exact) mass is 329 g/mol. The van der Waals surface area contributed by atoms with E-state index in [0.717, 1.165) is 37.4 Å². The van der Waals surface area contributed by atoms with E-state index in [1.54, 1.807) is 7.11 Å². The number of piperidine rings is 1. The van der Waals surface area contributed by atoms with E-state index >= 15 is 0 Å². The second-order valence-electron chi connectivity index (χ2n) is 7.23. The lowest BCUT2D eigenvalue weighted by atomic mass is 9.79. The van der Waals surface area contributed by atoms with Gasteiger partial charge < -0.3 is 14.7 Å². The molecule has 1 saturated heterocycles. The van der Waals surface area contributed by atoms with Crippen LogP contribution in [0.2, 0.25) is 0 Å². The van der Waals surface area contributed by atoms with Crippen molar-refractivity contribution in [1.82, 2.24) is 4.98 Å². The summed E-state index contributed by atoms with van der Waals surface area (Å²) in [6, 6.07) is 4.36. The maximum atomic E-state index is 10.9. The van der Waals surface area contributed by atoms with E-state index in [1.165, 1.54) is 18.4 Å². The predicted molar refractivity (Wildman–Crippen MR) is 93.0 cm³/mol. The molecular weight excluding hydrogens is 302 g/mol. The Morgan fingerprint density at radius 2 is 2.25 bits per heavy atom. The number of anilines is 1. The Morgan fingerprint density at radius 3 is 2.96 bits per heavy atom. The van der Waals surface area contributed by atoms with Crippen molar-refractivity contribution in [1.29, 1.82) is 5.26 Å². The summed E-state index contributed by atoms with van der Waals surface area (Å²) in [5.41, 5.74) is 2.38. The second-order valence-corrected chi connectivity index (χ2v) is 7.23. The van der Waals surface area contributed by atoms with Crippen LogP contribution in [0.1, 0.15) is 49.4 Å². The van der Waals surface area contributed by atoms with Crippen molar-refractivity contribution in [2.24, 2.45) is 5.92 Å². The van der Waals surface area contributed by atoms with E-state index in [4.69, 9.17) is 9.72 Å². The molecule has 1 aliphatic heterocycles. The minimum atomic E-state index is -0.687. The summed E-state index contributed by atoms with van der Waals surface area (Å²) in [7, 11) is 1.67. The molecule has 0 saturated carbocycles. The van der Waals surface area contributed by atoms with Crippen LogP contribution in [0.15, 0.2) is 6.07 Å². The van der Waals surface area contributed by atoms with Crippen LogP contribution >= 0.6 is 0 Å². The van der Waals surface area contributed by atoms with Crippen molar-refractivity contribution in [3.05, 3.63) is 22.9 Å². The summed E-state index contributed by atoms with van der Waals surface area (Å²) >= 11 is 0. The van der Waals surface area contributed by atoms with E-state index in [-0.39, 0.29) is 5.92 Å². The van der Waals surface area contributed by atoms with Gasteiger partial charge in [-0.15, -0.1) is 0 Å². The number of hydrogen-bond donors (Lipinski definition) is 1. The summed E-state index contributed by atoms with van der Waals surface area (Å²) in [5.74, 6) is 0.921. The molecule has 3 rings (SSSR count). The lowest BCUT2D eigenvalue weighted by Gasteiger charge is -2.44. The summed E-state index contributed by atoms with van der Waals surface area (Å²) < 4.78 is 5.14.